The summed E-state index contributed by atoms with van der Waals surface area (Å²) in [5.41, 5.74) is 1.06. The molecule has 3 aliphatic rings. The van der Waals surface area contributed by atoms with Gasteiger partial charge < -0.3 is 9.80 Å². The number of amides is 1. The molecule has 178 valence electrons. The van der Waals surface area contributed by atoms with Gasteiger partial charge in [0.1, 0.15) is 5.82 Å². The first-order valence-corrected chi connectivity index (χ1v) is 12.7. The summed E-state index contributed by atoms with van der Waals surface area (Å²) in [5, 5.41) is 0. The number of hydrogen-bond acceptors (Lipinski definition) is 5. The van der Waals surface area contributed by atoms with Crippen LogP contribution in [-0.4, -0.2) is 83.5 Å². The van der Waals surface area contributed by atoms with Crippen molar-refractivity contribution in [2.75, 3.05) is 53.4 Å². The molecule has 0 atom stereocenters. The molecule has 0 aromatic carbocycles. The summed E-state index contributed by atoms with van der Waals surface area (Å²) in [6.07, 6.45) is 9.78. The van der Waals surface area contributed by atoms with Crippen molar-refractivity contribution in [2.45, 2.75) is 70.3 Å². The molecule has 0 radical (unpaired) electrons. The zero-order chi connectivity index (χ0) is 22.5. The van der Waals surface area contributed by atoms with Crippen LogP contribution in [0.15, 0.2) is 10.9 Å². The van der Waals surface area contributed by atoms with Crippen molar-refractivity contribution in [2.24, 2.45) is 5.92 Å². The smallest absolute Gasteiger partial charge is 0.253 e. The molecular weight excluding hydrogens is 402 g/mol. The van der Waals surface area contributed by atoms with Crippen molar-refractivity contribution in [3.63, 3.8) is 0 Å². The van der Waals surface area contributed by atoms with E-state index in [4.69, 9.17) is 4.98 Å². The summed E-state index contributed by atoms with van der Waals surface area (Å²) in [5.74, 6) is 2.34. The molecule has 1 aromatic rings. The van der Waals surface area contributed by atoms with Crippen LogP contribution in [0.1, 0.15) is 68.8 Å². The average molecular weight is 444 g/mol. The molecule has 3 aliphatic heterocycles. The number of carbonyl (C=O) groups excluding carboxylic acids is 1. The first kappa shape index (κ1) is 23.4. The van der Waals surface area contributed by atoms with Gasteiger partial charge in [0.2, 0.25) is 5.91 Å². The molecule has 4 rings (SSSR count). The molecule has 7 nitrogen and oxygen atoms in total. The summed E-state index contributed by atoms with van der Waals surface area (Å²) in [4.78, 5) is 37.1. The van der Waals surface area contributed by atoms with Gasteiger partial charge in [0.25, 0.3) is 5.56 Å². The van der Waals surface area contributed by atoms with E-state index < -0.39 is 0 Å². The van der Waals surface area contributed by atoms with Gasteiger partial charge in [0, 0.05) is 38.0 Å². The number of nitrogens with zero attached hydrogens (tertiary/aromatic N) is 5. The lowest BCUT2D eigenvalue weighted by molar-refractivity contribution is -0.133. The van der Waals surface area contributed by atoms with Crippen LogP contribution in [0.25, 0.3) is 0 Å². The van der Waals surface area contributed by atoms with Crippen LogP contribution < -0.4 is 5.56 Å². The van der Waals surface area contributed by atoms with E-state index in [0.29, 0.717) is 12.5 Å². The summed E-state index contributed by atoms with van der Waals surface area (Å²) in [7, 11) is 4.27. The van der Waals surface area contributed by atoms with Gasteiger partial charge in [0.05, 0.1) is 12.2 Å². The van der Waals surface area contributed by atoms with Gasteiger partial charge in [-0.1, -0.05) is 6.42 Å². The van der Waals surface area contributed by atoms with Crippen molar-refractivity contribution in [3.8, 4) is 0 Å². The highest BCUT2D eigenvalue weighted by molar-refractivity contribution is 5.78. The largest absolute Gasteiger partial charge is 0.342 e. The van der Waals surface area contributed by atoms with Crippen LogP contribution >= 0.6 is 0 Å². The van der Waals surface area contributed by atoms with Crippen LogP contribution in [0.4, 0.5) is 0 Å². The quantitative estimate of drug-likeness (QED) is 0.675. The Balaban J connectivity index is 1.24. The summed E-state index contributed by atoms with van der Waals surface area (Å²) in [6.45, 7) is 6.17. The number of aromatic nitrogens is 2. The Morgan fingerprint density at radius 3 is 2.50 bits per heavy atom. The predicted octanol–water partition coefficient (Wildman–Crippen LogP) is 2.34. The van der Waals surface area contributed by atoms with E-state index in [1.165, 1.54) is 25.7 Å². The maximum Gasteiger partial charge on any atom is 0.253 e. The van der Waals surface area contributed by atoms with E-state index in [0.717, 1.165) is 88.8 Å². The van der Waals surface area contributed by atoms with Crippen molar-refractivity contribution in [3.05, 3.63) is 27.9 Å². The summed E-state index contributed by atoms with van der Waals surface area (Å²) < 4.78 is 1.87. The predicted molar refractivity (Wildman–Crippen MR) is 127 cm³/mol. The number of likely N-dealkylation sites (tertiary alicyclic amines) is 2. The molecule has 0 N–H and O–H groups in total. The molecule has 2 fully saturated rings. The van der Waals surface area contributed by atoms with Gasteiger partial charge in [-0.2, -0.15) is 0 Å². The lowest BCUT2D eigenvalue weighted by Crippen LogP contribution is -2.46. The highest BCUT2D eigenvalue weighted by atomic mass is 16.2. The highest BCUT2D eigenvalue weighted by Gasteiger charge is 2.28. The second-order valence-electron chi connectivity index (χ2n) is 10.4. The fourth-order valence-corrected chi connectivity index (χ4v) is 5.53. The van der Waals surface area contributed by atoms with Gasteiger partial charge in [0.15, 0.2) is 0 Å². The number of piperidine rings is 2. The van der Waals surface area contributed by atoms with Crippen molar-refractivity contribution in [1.82, 2.24) is 24.3 Å². The van der Waals surface area contributed by atoms with E-state index in [-0.39, 0.29) is 11.5 Å². The minimum atomic E-state index is 0.111. The van der Waals surface area contributed by atoms with Crippen LogP contribution in [-0.2, 0) is 17.8 Å². The molecule has 0 unspecified atom stereocenters. The summed E-state index contributed by atoms with van der Waals surface area (Å²) >= 11 is 0. The molecule has 7 heteroatoms. The third-order valence-electron chi connectivity index (χ3n) is 7.71. The molecule has 0 spiro atoms. The molecular formula is C25H41N5O2. The fraction of sp³-hybridized carbons (Fsp3) is 0.800. The zero-order valence-electron chi connectivity index (χ0n) is 20.1. The monoisotopic (exact) mass is 443 g/mol. The number of carbonyl (C=O) groups is 1. The van der Waals surface area contributed by atoms with Crippen molar-refractivity contribution in [1.29, 1.82) is 0 Å². The Labute approximate surface area is 192 Å². The van der Waals surface area contributed by atoms with Crippen LogP contribution in [0.5, 0.6) is 0 Å². The van der Waals surface area contributed by atoms with Crippen LogP contribution in [0.3, 0.4) is 0 Å². The van der Waals surface area contributed by atoms with Crippen molar-refractivity contribution >= 4 is 5.91 Å². The molecule has 1 aromatic heterocycles. The van der Waals surface area contributed by atoms with Gasteiger partial charge in [-0.25, -0.2) is 4.98 Å². The van der Waals surface area contributed by atoms with E-state index in [2.05, 4.69) is 23.9 Å². The van der Waals surface area contributed by atoms with Crippen LogP contribution in [0.2, 0.25) is 0 Å². The minimum absolute atomic E-state index is 0.111. The molecule has 32 heavy (non-hydrogen) atoms. The van der Waals surface area contributed by atoms with Gasteiger partial charge in [-0.3, -0.25) is 19.1 Å². The first-order chi connectivity index (χ1) is 15.5. The molecule has 4 heterocycles. The Morgan fingerprint density at radius 2 is 1.78 bits per heavy atom. The number of fused-ring (bicyclic) bond motifs is 1. The third kappa shape index (κ3) is 5.98. The number of aryl methyl sites for hydroxylation is 1. The topological polar surface area (TPSA) is 61.7 Å². The van der Waals surface area contributed by atoms with Gasteiger partial charge in [-0.15, -0.1) is 0 Å². The van der Waals surface area contributed by atoms with E-state index in [9.17, 15) is 9.59 Å². The van der Waals surface area contributed by atoms with Gasteiger partial charge >= 0.3 is 0 Å². The lowest BCUT2D eigenvalue weighted by Gasteiger charge is -2.36. The molecule has 0 aliphatic carbocycles. The van der Waals surface area contributed by atoms with E-state index in [1.54, 1.807) is 6.07 Å². The Kier molecular flexibility index (Phi) is 8.00. The summed E-state index contributed by atoms with van der Waals surface area (Å²) in [6, 6.07) is 1.76. The fourth-order valence-electron chi connectivity index (χ4n) is 5.53. The van der Waals surface area contributed by atoms with Crippen LogP contribution in [0, 0.1) is 5.92 Å². The maximum absolute atomic E-state index is 12.9. The number of hydrogen-bond donors (Lipinski definition) is 0. The Hall–Kier alpha value is -1.73. The molecule has 0 bridgehead atoms. The normalized spacial score (nSPS) is 21.5. The second-order valence-corrected chi connectivity index (χ2v) is 10.4. The Morgan fingerprint density at radius 1 is 1.03 bits per heavy atom. The third-order valence-corrected chi connectivity index (χ3v) is 7.71. The van der Waals surface area contributed by atoms with E-state index in [1.807, 2.05) is 9.47 Å². The van der Waals surface area contributed by atoms with Crippen molar-refractivity contribution < 1.29 is 4.79 Å². The standard InChI is InChI=1S/C25H41N5O2/c1-27(2)13-7-20-8-14-28(15-9-20)19-25(32)29-16-10-21(11-17-29)22-18-24(31)30-12-5-3-4-6-23(30)26-22/h18,20-21H,3-17,19H2,1-2H3. The first-order valence-electron chi connectivity index (χ1n) is 12.7. The zero-order valence-corrected chi connectivity index (χ0v) is 20.1. The molecule has 1 amide bonds. The minimum Gasteiger partial charge on any atom is -0.342 e. The SMILES string of the molecule is CN(C)CCC1CCN(CC(=O)N2CCC(c3cc(=O)n4c(n3)CCCCC4)CC2)CC1. The molecule has 2 saturated heterocycles. The molecule has 0 saturated carbocycles. The van der Waals surface area contributed by atoms with E-state index >= 15 is 0 Å². The number of rotatable bonds is 6. The second kappa shape index (κ2) is 10.9. The average Bonchev–Trinajstić information content (AvgIpc) is 3.04. The highest BCUT2D eigenvalue weighted by Crippen LogP contribution is 2.27. The maximum atomic E-state index is 12.9. The van der Waals surface area contributed by atoms with Gasteiger partial charge in [-0.05, 0) is 84.6 Å². The Bertz CT molecular complexity index is 820. The lowest BCUT2D eigenvalue weighted by atomic mass is 9.92.